The fourth-order valence-electron chi connectivity index (χ4n) is 7.69. The predicted molar refractivity (Wildman–Crippen MR) is 227 cm³/mol. The van der Waals surface area contributed by atoms with E-state index in [9.17, 15) is 5.11 Å². The Morgan fingerprint density at radius 2 is 1.05 bits per heavy atom. The Bertz CT molecular complexity index is 3040. The molecule has 4 heterocycles. The molecule has 0 fully saturated rings. The molecule has 10 rings (SSSR count). The maximum absolute atomic E-state index is 10.9. The summed E-state index contributed by atoms with van der Waals surface area (Å²) in [7, 11) is 0. The molecule has 0 atom stereocenters. The number of aromatic nitrogens is 4. The summed E-state index contributed by atoms with van der Waals surface area (Å²) in [6.07, 6.45) is 5.50. The molecule has 0 saturated heterocycles. The van der Waals surface area contributed by atoms with E-state index in [0.717, 1.165) is 72.6 Å². The summed E-state index contributed by atoms with van der Waals surface area (Å²) in [4.78, 5) is 14.4. The summed E-state index contributed by atoms with van der Waals surface area (Å²) in [5.74, 6) is 0.175. The van der Waals surface area contributed by atoms with Crippen molar-refractivity contribution in [1.29, 1.82) is 0 Å². The molecule has 0 aliphatic heterocycles. The molecule has 0 unspecified atom stereocenters. The molecule has 0 amide bonds. The molecule has 0 aliphatic carbocycles. The number of para-hydroxylation sites is 4. The average molecular weight is 913 g/mol. The van der Waals surface area contributed by atoms with Crippen molar-refractivity contribution in [3.63, 3.8) is 0 Å². The first kappa shape index (κ1) is 35.7. The van der Waals surface area contributed by atoms with Gasteiger partial charge in [0.15, 0.2) is 0 Å². The Morgan fingerprint density at radius 3 is 1.86 bits per heavy atom. The van der Waals surface area contributed by atoms with Crippen LogP contribution in [0.5, 0.6) is 5.75 Å². The van der Waals surface area contributed by atoms with Gasteiger partial charge in [0.05, 0.1) is 16.7 Å². The molecule has 1 N–H and O–H groups in total. The topological polar surface area (TPSA) is 63.8 Å². The Labute approximate surface area is 344 Å². The number of phenols is 1. The van der Waals surface area contributed by atoms with Gasteiger partial charge in [0, 0.05) is 78.6 Å². The second-order valence-electron chi connectivity index (χ2n) is 13.8. The van der Waals surface area contributed by atoms with Gasteiger partial charge in [0.1, 0.15) is 5.75 Å². The summed E-state index contributed by atoms with van der Waals surface area (Å²) < 4.78 is 2.36. The minimum atomic E-state index is 0. The maximum atomic E-state index is 10.9. The van der Waals surface area contributed by atoms with Crippen LogP contribution in [0, 0.1) is 6.07 Å². The van der Waals surface area contributed by atoms with Crippen LogP contribution in [0.25, 0.3) is 94.6 Å². The average Bonchev–Trinajstić information content (AvgIpc) is 3.62. The summed E-state index contributed by atoms with van der Waals surface area (Å²) in [5, 5.41) is 13.3. The predicted octanol–water partition coefficient (Wildman–Crippen LogP) is 12.5. The first-order chi connectivity index (χ1) is 27.7. The van der Waals surface area contributed by atoms with Crippen molar-refractivity contribution in [2.24, 2.45) is 0 Å². The quantitative estimate of drug-likeness (QED) is 0.162. The Kier molecular flexibility index (Phi) is 9.59. The number of pyridine rings is 3. The van der Waals surface area contributed by atoms with E-state index in [0.29, 0.717) is 11.3 Å². The number of aromatic hydroxyl groups is 1. The second-order valence-corrected chi connectivity index (χ2v) is 13.8. The van der Waals surface area contributed by atoms with E-state index in [1.807, 2.05) is 60.8 Å². The molecule has 6 aromatic carbocycles. The summed E-state index contributed by atoms with van der Waals surface area (Å²) in [5.41, 5.74) is 14.1. The van der Waals surface area contributed by atoms with Gasteiger partial charge in [-0.1, -0.05) is 126 Å². The van der Waals surface area contributed by atoms with E-state index in [1.54, 1.807) is 18.5 Å². The first-order valence-corrected chi connectivity index (χ1v) is 18.6. The van der Waals surface area contributed by atoms with Crippen molar-refractivity contribution in [2.45, 2.75) is 0 Å². The maximum Gasteiger partial charge on any atom is 0.124 e. The number of hydrogen-bond acceptors (Lipinski definition) is 4. The molecule has 0 radical (unpaired) electrons. The van der Waals surface area contributed by atoms with E-state index in [-0.39, 0.29) is 26.8 Å². The van der Waals surface area contributed by atoms with Crippen LogP contribution >= 0.6 is 0 Å². The normalized spacial score (nSPS) is 11.1. The third kappa shape index (κ3) is 6.73. The van der Waals surface area contributed by atoms with Crippen molar-refractivity contribution in [3.8, 4) is 78.6 Å². The van der Waals surface area contributed by atoms with Gasteiger partial charge in [-0.3, -0.25) is 15.0 Å². The number of nitrogens with zero attached hydrogens (tertiary/aromatic N) is 4. The van der Waals surface area contributed by atoms with Gasteiger partial charge in [-0.05, 0) is 76.9 Å². The Hall–Kier alpha value is -6.94. The van der Waals surface area contributed by atoms with Gasteiger partial charge in [0.2, 0.25) is 0 Å². The number of benzene rings is 6. The van der Waals surface area contributed by atoms with E-state index in [1.165, 1.54) is 10.8 Å². The van der Waals surface area contributed by atoms with Crippen LogP contribution in [-0.4, -0.2) is 24.6 Å². The number of phenolic OH excluding ortho intramolecular Hbond substituents is 1. The summed E-state index contributed by atoms with van der Waals surface area (Å²) in [6.45, 7) is 0. The zero-order valence-electron chi connectivity index (χ0n) is 30.5. The summed E-state index contributed by atoms with van der Waals surface area (Å²) >= 11 is 0. The number of fused-ring (bicyclic) bond motifs is 3. The standard InChI is InChI=1S/C51H33N4O.Pt/c56-50-21-10-8-17-45(50)48-33-38(34-12-3-1-4-13-34)32-47(54-48)40-29-37(35-22-25-52-26-23-35)28-39(30-40)46-31-36(24-27-53-46)42-18-11-19-44-43-16-7-9-20-49(43)55(51(42)44)41-14-5-2-6-15-41;/h1-29,31-33,56H;/q-1;. The largest absolute Gasteiger partial charge is 0.507 e. The van der Waals surface area contributed by atoms with Crippen LogP contribution < -0.4 is 0 Å². The van der Waals surface area contributed by atoms with E-state index < -0.39 is 0 Å². The van der Waals surface area contributed by atoms with Crippen molar-refractivity contribution in [2.75, 3.05) is 0 Å². The Morgan fingerprint density at radius 1 is 0.456 bits per heavy atom. The zero-order valence-corrected chi connectivity index (χ0v) is 32.8. The van der Waals surface area contributed by atoms with Crippen LogP contribution in [0.3, 0.4) is 0 Å². The SMILES string of the molecule is Oc1ccccc1-c1cc(-c2ccccc2)cc(-c2[c-]c(-c3cc(-c4cccc5c6ccccc6n(-c6ccccc6)c45)ccn3)cc(-c3ccncc3)c2)n1.[Pt]. The van der Waals surface area contributed by atoms with E-state index >= 15 is 0 Å². The molecule has 0 spiro atoms. The minimum Gasteiger partial charge on any atom is -0.507 e. The molecule has 5 nitrogen and oxygen atoms in total. The minimum absolute atomic E-state index is 0. The molecular weight excluding hydrogens is 880 g/mol. The van der Waals surface area contributed by atoms with Gasteiger partial charge in [-0.25, -0.2) is 0 Å². The molecule has 57 heavy (non-hydrogen) atoms. The fourth-order valence-corrected chi connectivity index (χ4v) is 7.69. The van der Waals surface area contributed by atoms with Crippen LogP contribution in [0.2, 0.25) is 0 Å². The van der Waals surface area contributed by atoms with Crippen molar-refractivity contribution in [1.82, 2.24) is 19.5 Å². The number of rotatable bonds is 7. The van der Waals surface area contributed by atoms with Crippen LogP contribution in [0.4, 0.5) is 0 Å². The van der Waals surface area contributed by atoms with Crippen LogP contribution in [0.15, 0.2) is 195 Å². The molecular formula is C51H33N4OPt-. The second kappa shape index (κ2) is 15.3. The monoisotopic (exact) mass is 912 g/mol. The van der Waals surface area contributed by atoms with Crippen LogP contribution in [0.1, 0.15) is 0 Å². The van der Waals surface area contributed by atoms with E-state index in [4.69, 9.17) is 9.97 Å². The zero-order chi connectivity index (χ0) is 37.4. The third-order valence-electron chi connectivity index (χ3n) is 10.3. The van der Waals surface area contributed by atoms with Gasteiger partial charge in [-0.15, -0.1) is 18.2 Å². The molecule has 4 aromatic heterocycles. The molecule has 0 bridgehead atoms. The van der Waals surface area contributed by atoms with Crippen molar-refractivity contribution in [3.05, 3.63) is 201 Å². The molecule has 10 aromatic rings. The fraction of sp³-hybridized carbons (Fsp3) is 0. The van der Waals surface area contributed by atoms with Gasteiger partial charge < -0.3 is 9.67 Å². The summed E-state index contributed by atoms with van der Waals surface area (Å²) in [6, 6.07) is 63.6. The van der Waals surface area contributed by atoms with Crippen molar-refractivity contribution >= 4 is 21.8 Å². The molecule has 0 saturated carbocycles. The first-order valence-electron chi connectivity index (χ1n) is 18.6. The Balaban J connectivity index is 0.00000422. The molecule has 274 valence electrons. The smallest absolute Gasteiger partial charge is 0.124 e. The van der Waals surface area contributed by atoms with Crippen LogP contribution in [-0.2, 0) is 21.1 Å². The van der Waals surface area contributed by atoms with Gasteiger partial charge in [-0.2, -0.15) is 0 Å². The third-order valence-corrected chi connectivity index (χ3v) is 10.3. The van der Waals surface area contributed by atoms with Gasteiger partial charge >= 0.3 is 0 Å². The van der Waals surface area contributed by atoms with Gasteiger partial charge in [0.25, 0.3) is 0 Å². The number of hydrogen-bond donors (Lipinski definition) is 1. The van der Waals surface area contributed by atoms with Crippen molar-refractivity contribution < 1.29 is 26.2 Å². The molecule has 0 aliphatic rings. The van der Waals surface area contributed by atoms with E-state index in [2.05, 4.69) is 131 Å². The molecule has 6 heteroatoms.